The van der Waals surface area contributed by atoms with E-state index < -0.39 is 11.1 Å². The van der Waals surface area contributed by atoms with Crippen molar-refractivity contribution in [3.8, 4) is 0 Å². The molecule has 0 aliphatic rings. The van der Waals surface area contributed by atoms with Crippen molar-refractivity contribution in [2.75, 3.05) is 13.1 Å². The van der Waals surface area contributed by atoms with Gasteiger partial charge in [-0.15, -0.1) is 11.3 Å². The topological polar surface area (TPSA) is 152 Å². The molecule has 0 bridgehead atoms. The third kappa shape index (κ3) is 11.5. The van der Waals surface area contributed by atoms with Gasteiger partial charge in [-0.25, -0.2) is 15.1 Å². The lowest BCUT2D eigenvalue weighted by Crippen LogP contribution is -2.46. The van der Waals surface area contributed by atoms with E-state index in [1.807, 2.05) is 17.5 Å². The molecule has 0 unspecified atom stereocenters. The van der Waals surface area contributed by atoms with Crippen LogP contribution in [0.5, 0.6) is 0 Å². The molecule has 1 rings (SSSR count). The van der Waals surface area contributed by atoms with Crippen molar-refractivity contribution in [3.05, 3.63) is 38.6 Å². The summed E-state index contributed by atoms with van der Waals surface area (Å²) >= 11 is 1.50. The van der Waals surface area contributed by atoms with E-state index in [0.717, 1.165) is 11.3 Å². The molecule has 29 heavy (non-hydrogen) atoms. The number of aliphatic imine (C=N–C) groups is 1. The number of hydrogen-bond acceptors (Lipinski definition) is 6. The Labute approximate surface area is 173 Å². The molecular weight excluding hydrogens is 396 g/mol. The van der Waals surface area contributed by atoms with E-state index in [4.69, 9.17) is 5.73 Å². The van der Waals surface area contributed by atoms with Gasteiger partial charge in [-0.3, -0.25) is 9.59 Å². The number of hydrazine groups is 1. The van der Waals surface area contributed by atoms with Gasteiger partial charge in [-0.1, -0.05) is 25.3 Å². The van der Waals surface area contributed by atoms with Gasteiger partial charge in [0.1, 0.15) is 6.04 Å². The molecule has 1 aromatic rings. The number of nitrogens with zero attached hydrogens (tertiary/aromatic N) is 2. The minimum absolute atomic E-state index is 0.184. The van der Waals surface area contributed by atoms with Gasteiger partial charge in [0.2, 0.25) is 11.8 Å². The predicted octanol–water partition coefficient (Wildman–Crippen LogP) is 1.28. The summed E-state index contributed by atoms with van der Waals surface area (Å²) in [5.74, 6) is -0.510. The van der Waals surface area contributed by atoms with E-state index in [1.54, 1.807) is 11.5 Å². The van der Waals surface area contributed by atoms with Crippen LogP contribution < -0.4 is 21.8 Å². The highest BCUT2D eigenvalue weighted by atomic mass is 32.1. The van der Waals surface area contributed by atoms with Crippen LogP contribution in [0.25, 0.3) is 6.08 Å². The maximum atomic E-state index is 12.5. The molecule has 1 heterocycles. The standard InChI is InChI=1S/C18H28N6O4S/c1-13(2)9-11-20-17(26)15(6-3-10-21-18(19)23-24(27)28)22-16(25)8-7-14-5-4-12-29-14/h4-5,7-8,12-13,15H,3,6,9-11H2,1-2H3,(H,20,26)(H,22,25)(H3,19,21,23)/t15-/m0/s1. The molecule has 1 atom stereocenters. The first kappa shape index (κ1) is 24.1. The molecule has 0 spiro atoms. The second kappa shape index (κ2) is 13.3. The fourth-order valence-corrected chi connectivity index (χ4v) is 2.88. The van der Waals surface area contributed by atoms with E-state index in [1.165, 1.54) is 17.4 Å². The van der Waals surface area contributed by atoms with Crippen LogP contribution in [0, 0.1) is 16.0 Å². The lowest BCUT2D eigenvalue weighted by molar-refractivity contribution is -0.525. The minimum atomic E-state index is -0.802. The number of nitrogens with two attached hydrogens (primary N) is 1. The smallest absolute Gasteiger partial charge is 0.251 e. The summed E-state index contributed by atoms with van der Waals surface area (Å²) in [5.41, 5.74) is 7.10. The van der Waals surface area contributed by atoms with Crippen LogP contribution in [0.3, 0.4) is 0 Å². The first-order valence-electron chi connectivity index (χ1n) is 9.28. The first-order valence-corrected chi connectivity index (χ1v) is 10.2. The van der Waals surface area contributed by atoms with Crippen LogP contribution in [0.2, 0.25) is 0 Å². The van der Waals surface area contributed by atoms with E-state index >= 15 is 0 Å². The summed E-state index contributed by atoms with van der Waals surface area (Å²) in [6.45, 7) is 4.82. The Hall–Kier alpha value is -2.95. The molecule has 5 N–H and O–H groups in total. The van der Waals surface area contributed by atoms with E-state index in [0.29, 0.717) is 25.3 Å². The average Bonchev–Trinajstić information content (AvgIpc) is 3.15. The van der Waals surface area contributed by atoms with Gasteiger partial charge in [0, 0.05) is 24.0 Å². The molecule has 11 heteroatoms. The number of nitro groups is 1. The lowest BCUT2D eigenvalue weighted by Gasteiger charge is -2.18. The van der Waals surface area contributed by atoms with Gasteiger partial charge in [0.15, 0.2) is 5.03 Å². The summed E-state index contributed by atoms with van der Waals surface area (Å²) in [6, 6.07) is 3.03. The van der Waals surface area contributed by atoms with Crippen molar-refractivity contribution < 1.29 is 14.6 Å². The number of nitrogens with one attached hydrogen (secondary N) is 3. The van der Waals surface area contributed by atoms with Crippen LogP contribution in [-0.4, -0.2) is 41.9 Å². The number of rotatable bonds is 12. The molecule has 0 aromatic carbocycles. The third-order valence-electron chi connectivity index (χ3n) is 3.73. The SMILES string of the molecule is CC(C)CCNC(=O)[C@H](CCCN=C(N)N[N+](=O)[O-])NC(=O)C=Cc1cccs1. The van der Waals surface area contributed by atoms with Gasteiger partial charge in [0.25, 0.3) is 5.96 Å². The van der Waals surface area contributed by atoms with Gasteiger partial charge in [-0.05, 0) is 42.7 Å². The van der Waals surface area contributed by atoms with Crippen molar-refractivity contribution in [2.45, 2.75) is 39.2 Å². The molecule has 0 aliphatic carbocycles. The number of amides is 2. The predicted molar refractivity (Wildman–Crippen MR) is 114 cm³/mol. The molecule has 10 nitrogen and oxygen atoms in total. The third-order valence-corrected chi connectivity index (χ3v) is 4.57. The molecule has 0 saturated carbocycles. The van der Waals surface area contributed by atoms with Gasteiger partial charge < -0.3 is 16.4 Å². The highest BCUT2D eigenvalue weighted by Crippen LogP contribution is 2.10. The Balaban J connectivity index is 2.60. The van der Waals surface area contributed by atoms with Gasteiger partial charge in [0.05, 0.1) is 0 Å². The number of carbonyl (C=O) groups excluding carboxylic acids is 2. The fraction of sp³-hybridized carbons (Fsp3) is 0.500. The summed E-state index contributed by atoms with van der Waals surface area (Å²) in [5, 5.41) is 16.9. The largest absolute Gasteiger partial charge is 0.365 e. The molecular formula is C18H28N6O4S. The summed E-state index contributed by atoms with van der Waals surface area (Å²) in [6.07, 6.45) is 4.63. The van der Waals surface area contributed by atoms with Crippen molar-refractivity contribution in [1.29, 1.82) is 0 Å². The lowest BCUT2D eigenvalue weighted by atomic mass is 10.1. The minimum Gasteiger partial charge on any atom is -0.365 e. The zero-order valence-electron chi connectivity index (χ0n) is 16.6. The zero-order chi connectivity index (χ0) is 21.6. The molecule has 2 amide bonds. The van der Waals surface area contributed by atoms with E-state index in [2.05, 4.69) is 29.5 Å². The van der Waals surface area contributed by atoms with Crippen molar-refractivity contribution in [1.82, 2.24) is 16.1 Å². The fourth-order valence-electron chi connectivity index (χ4n) is 2.26. The van der Waals surface area contributed by atoms with E-state index in [9.17, 15) is 19.7 Å². The molecule has 0 radical (unpaired) electrons. The Morgan fingerprint density at radius 3 is 2.76 bits per heavy atom. The second-order valence-electron chi connectivity index (χ2n) is 6.66. The Morgan fingerprint density at radius 2 is 2.14 bits per heavy atom. The summed E-state index contributed by atoms with van der Waals surface area (Å²) < 4.78 is 0. The van der Waals surface area contributed by atoms with Crippen LogP contribution in [0.4, 0.5) is 0 Å². The van der Waals surface area contributed by atoms with Crippen LogP contribution in [-0.2, 0) is 9.59 Å². The highest BCUT2D eigenvalue weighted by molar-refractivity contribution is 7.10. The second-order valence-corrected chi connectivity index (χ2v) is 7.64. The Kier molecular flexibility index (Phi) is 11.0. The number of thiophene rings is 1. The van der Waals surface area contributed by atoms with Crippen LogP contribution >= 0.6 is 11.3 Å². The van der Waals surface area contributed by atoms with Crippen molar-refractivity contribution in [2.24, 2.45) is 16.6 Å². The maximum Gasteiger partial charge on any atom is 0.251 e. The monoisotopic (exact) mass is 424 g/mol. The van der Waals surface area contributed by atoms with Gasteiger partial charge in [-0.2, -0.15) is 0 Å². The average molecular weight is 425 g/mol. The number of carbonyl (C=O) groups is 2. The number of hydrogen-bond donors (Lipinski definition) is 4. The number of guanidine groups is 1. The summed E-state index contributed by atoms with van der Waals surface area (Å²) in [7, 11) is 0. The molecule has 0 saturated heterocycles. The molecule has 0 aliphatic heterocycles. The summed E-state index contributed by atoms with van der Waals surface area (Å²) in [4.78, 5) is 39.7. The van der Waals surface area contributed by atoms with Crippen molar-refractivity contribution in [3.63, 3.8) is 0 Å². The highest BCUT2D eigenvalue weighted by Gasteiger charge is 2.19. The first-order chi connectivity index (χ1) is 13.8. The van der Waals surface area contributed by atoms with Crippen LogP contribution in [0.1, 0.15) is 38.0 Å². The zero-order valence-corrected chi connectivity index (χ0v) is 17.4. The van der Waals surface area contributed by atoms with Crippen molar-refractivity contribution >= 4 is 35.2 Å². The Bertz CT molecular complexity index is 718. The Morgan fingerprint density at radius 1 is 1.38 bits per heavy atom. The van der Waals surface area contributed by atoms with Gasteiger partial charge >= 0.3 is 0 Å². The normalized spacial score (nSPS) is 12.7. The quantitative estimate of drug-likeness (QED) is 0.0990. The maximum absolute atomic E-state index is 12.5. The molecule has 160 valence electrons. The molecule has 1 aromatic heterocycles. The molecule has 0 fully saturated rings. The van der Waals surface area contributed by atoms with Crippen LogP contribution in [0.15, 0.2) is 28.6 Å². The van der Waals surface area contributed by atoms with E-state index in [-0.39, 0.29) is 24.3 Å².